The first-order valence-corrected chi connectivity index (χ1v) is 13.1. The van der Waals surface area contributed by atoms with Crippen LogP contribution in [0, 0.1) is 19.8 Å². The summed E-state index contributed by atoms with van der Waals surface area (Å²) in [7, 11) is 0. The van der Waals surface area contributed by atoms with Gasteiger partial charge in [-0.25, -0.2) is 0 Å². The number of benzene rings is 2. The van der Waals surface area contributed by atoms with Gasteiger partial charge in [0.05, 0.1) is 6.04 Å². The fraction of sp³-hybridized carbons (Fsp3) is 0.379. The summed E-state index contributed by atoms with van der Waals surface area (Å²) in [4.78, 5) is 31.9. The first kappa shape index (κ1) is 25.0. The standard InChI is InChI=1S/C29H34N2O3S/c1-20(2)17-30(29(33)23-9-5-21(3)6-10-23)18-28(32)31-15-13-27-25(14-16-35-27)26(31)19-34-24-11-7-22(4)8-12-24/h5-12,14,16,20,26H,13,15,17-19H2,1-4H3/t26-/m0/s1. The average molecular weight is 491 g/mol. The van der Waals surface area contributed by atoms with Crippen molar-refractivity contribution in [3.8, 4) is 5.75 Å². The van der Waals surface area contributed by atoms with Crippen LogP contribution in [0.4, 0.5) is 0 Å². The number of carbonyl (C=O) groups excluding carboxylic acids is 2. The minimum absolute atomic E-state index is 0.0412. The van der Waals surface area contributed by atoms with Crippen LogP contribution in [-0.2, 0) is 11.2 Å². The molecule has 0 N–H and O–H groups in total. The summed E-state index contributed by atoms with van der Waals surface area (Å²) in [6, 6.07) is 17.4. The maximum absolute atomic E-state index is 13.7. The molecule has 6 heteroatoms. The molecule has 1 aliphatic heterocycles. The molecular formula is C29H34N2O3S. The quantitative estimate of drug-likeness (QED) is 0.409. The summed E-state index contributed by atoms with van der Waals surface area (Å²) in [6.45, 7) is 9.78. The molecule has 35 heavy (non-hydrogen) atoms. The van der Waals surface area contributed by atoms with E-state index in [0.717, 1.165) is 23.3 Å². The Kier molecular flexibility index (Phi) is 7.91. The molecule has 0 unspecified atom stereocenters. The predicted octanol–water partition coefficient (Wildman–Crippen LogP) is 5.67. The Morgan fingerprint density at radius 3 is 2.34 bits per heavy atom. The Bertz CT molecular complexity index is 1150. The van der Waals surface area contributed by atoms with Gasteiger partial charge in [-0.2, -0.15) is 0 Å². The van der Waals surface area contributed by atoms with Crippen molar-refractivity contribution < 1.29 is 14.3 Å². The van der Waals surface area contributed by atoms with Gasteiger partial charge in [-0.3, -0.25) is 9.59 Å². The van der Waals surface area contributed by atoms with Gasteiger partial charge in [0.1, 0.15) is 18.9 Å². The molecule has 5 nitrogen and oxygen atoms in total. The van der Waals surface area contributed by atoms with E-state index in [2.05, 4.69) is 25.3 Å². The first-order chi connectivity index (χ1) is 16.8. The van der Waals surface area contributed by atoms with Gasteiger partial charge in [0.25, 0.3) is 5.91 Å². The topological polar surface area (TPSA) is 49.9 Å². The maximum atomic E-state index is 13.7. The summed E-state index contributed by atoms with van der Waals surface area (Å²) in [5.74, 6) is 0.900. The second-order valence-corrected chi connectivity index (χ2v) is 10.7. The van der Waals surface area contributed by atoms with E-state index in [4.69, 9.17) is 4.74 Å². The molecule has 0 saturated heterocycles. The van der Waals surface area contributed by atoms with Gasteiger partial charge < -0.3 is 14.5 Å². The molecule has 2 aromatic carbocycles. The lowest BCUT2D eigenvalue weighted by Crippen LogP contribution is -2.48. The Hall–Kier alpha value is -3.12. The molecule has 0 spiro atoms. The zero-order valence-electron chi connectivity index (χ0n) is 21.0. The first-order valence-electron chi connectivity index (χ1n) is 12.2. The number of thiophene rings is 1. The van der Waals surface area contributed by atoms with Crippen molar-refractivity contribution in [2.75, 3.05) is 26.2 Å². The van der Waals surface area contributed by atoms with Crippen LogP contribution >= 0.6 is 11.3 Å². The Labute approximate surface area is 212 Å². The van der Waals surface area contributed by atoms with Crippen molar-refractivity contribution in [3.05, 3.63) is 87.1 Å². The van der Waals surface area contributed by atoms with E-state index in [1.165, 1.54) is 10.4 Å². The van der Waals surface area contributed by atoms with Gasteiger partial charge in [0.15, 0.2) is 0 Å². The van der Waals surface area contributed by atoms with Crippen LogP contribution in [0.2, 0.25) is 0 Å². The molecule has 1 atom stereocenters. The fourth-order valence-electron chi connectivity index (χ4n) is 4.48. The van der Waals surface area contributed by atoms with Crippen LogP contribution in [-0.4, -0.2) is 47.9 Å². The third-order valence-corrected chi connectivity index (χ3v) is 7.34. The third-order valence-electron chi connectivity index (χ3n) is 6.34. The van der Waals surface area contributed by atoms with Crippen LogP contribution in [0.15, 0.2) is 60.0 Å². The monoisotopic (exact) mass is 490 g/mol. The molecule has 2 amide bonds. The lowest BCUT2D eigenvalue weighted by molar-refractivity contribution is -0.135. The van der Waals surface area contributed by atoms with Gasteiger partial charge >= 0.3 is 0 Å². The minimum Gasteiger partial charge on any atom is -0.491 e. The van der Waals surface area contributed by atoms with Crippen LogP contribution in [0.1, 0.15) is 51.8 Å². The van der Waals surface area contributed by atoms with Gasteiger partial charge in [0.2, 0.25) is 5.91 Å². The summed E-state index contributed by atoms with van der Waals surface area (Å²) < 4.78 is 6.13. The van der Waals surface area contributed by atoms with Crippen molar-refractivity contribution in [1.29, 1.82) is 0 Å². The molecule has 1 aliphatic rings. The second-order valence-electron chi connectivity index (χ2n) is 9.72. The Balaban J connectivity index is 1.52. The lowest BCUT2D eigenvalue weighted by atomic mass is 10.00. The highest BCUT2D eigenvalue weighted by molar-refractivity contribution is 7.10. The van der Waals surface area contributed by atoms with Gasteiger partial charge in [-0.15, -0.1) is 11.3 Å². The zero-order chi connectivity index (χ0) is 24.9. The van der Waals surface area contributed by atoms with Crippen molar-refractivity contribution >= 4 is 23.2 Å². The number of nitrogens with zero attached hydrogens (tertiary/aromatic N) is 2. The van der Waals surface area contributed by atoms with Crippen LogP contribution < -0.4 is 4.74 Å². The van der Waals surface area contributed by atoms with E-state index < -0.39 is 0 Å². The number of rotatable bonds is 8. The Morgan fingerprint density at radius 1 is 1.03 bits per heavy atom. The summed E-state index contributed by atoms with van der Waals surface area (Å²) in [6.07, 6.45) is 0.829. The van der Waals surface area contributed by atoms with E-state index in [-0.39, 0.29) is 30.3 Å². The molecule has 184 valence electrons. The normalized spacial score (nSPS) is 15.1. The summed E-state index contributed by atoms with van der Waals surface area (Å²) in [5.41, 5.74) is 4.05. The van der Waals surface area contributed by atoms with Crippen LogP contribution in [0.5, 0.6) is 5.75 Å². The Morgan fingerprint density at radius 2 is 1.69 bits per heavy atom. The predicted molar refractivity (Wildman–Crippen MR) is 141 cm³/mol. The third kappa shape index (κ3) is 6.12. The second kappa shape index (κ2) is 11.1. The van der Waals surface area contributed by atoms with Crippen LogP contribution in [0.3, 0.4) is 0 Å². The molecule has 1 aromatic heterocycles. The van der Waals surface area contributed by atoms with Crippen molar-refractivity contribution in [1.82, 2.24) is 9.80 Å². The van der Waals surface area contributed by atoms with Crippen molar-refractivity contribution in [2.24, 2.45) is 5.92 Å². The fourth-order valence-corrected chi connectivity index (χ4v) is 5.41. The smallest absolute Gasteiger partial charge is 0.254 e. The van der Waals surface area contributed by atoms with Crippen LogP contribution in [0.25, 0.3) is 0 Å². The lowest BCUT2D eigenvalue weighted by Gasteiger charge is -2.37. The van der Waals surface area contributed by atoms with E-state index in [1.54, 1.807) is 16.2 Å². The number of aryl methyl sites for hydroxylation is 2. The maximum Gasteiger partial charge on any atom is 0.254 e. The number of amides is 2. The van der Waals surface area contributed by atoms with Crippen molar-refractivity contribution in [3.63, 3.8) is 0 Å². The van der Waals surface area contributed by atoms with E-state index >= 15 is 0 Å². The highest BCUT2D eigenvalue weighted by Crippen LogP contribution is 2.34. The highest BCUT2D eigenvalue weighted by Gasteiger charge is 2.33. The molecule has 0 fully saturated rings. The van der Waals surface area contributed by atoms with Gasteiger partial charge in [-0.1, -0.05) is 49.2 Å². The number of ether oxygens (including phenoxy) is 1. The molecular weight excluding hydrogens is 456 g/mol. The number of fused-ring (bicyclic) bond motifs is 1. The zero-order valence-corrected chi connectivity index (χ0v) is 21.8. The minimum atomic E-state index is -0.172. The molecule has 0 aliphatic carbocycles. The molecule has 3 aromatic rings. The number of hydrogen-bond acceptors (Lipinski definition) is 4. The molecule has 4 rings (SSSR count). The molecule has 2 heterocycles. The number of carbonyl (C=O) groups is 2. The molecule has 0 saturated carbocycles. The summed E-state index contributed by atoms with van der Waals surface area (Å²) in [5, 5.41) is 2.09. The van der Waals surface area contributed by atoms with E-state index in [0.29, 0.717) is 25.3 Å². The molecule has 0 bridgehead atoms. The van der Waals surface area contributed by atoms with Crippen molar-refractivity contribution in [2.45, 2.75) is 40.2 Å². The SMILES string of the molecule is Cc1ccc(OC[C@H]2c3ccsc3CCN2C(=O)CN(CC(C)C)C(=O)c2ccc(C)cc2)cc1. The largest absolute Gasteiger partial charge is 0.491 e. The average Bonchev–Trinajstić information content (AvgIpc) is 3.32. The number of hydrogen-bond donors (Lipinski definition) is 0. The van der Waals surface area contributed by atoms with Gasteiger partial charge in [0, 0.05) is 23.5 Å². The summed E-state index contributed by atoms with van der Waals surface area (Å²) >= 11 is 1.73. The molecule has 0 radical (unpaired) electrons. The highest BCUT2D eigenvalue weighted by atomic mass is 32.1. The van der Waals surface area contributed by atoms with E-state index in [9.17, 15) is 9.59 Å². The van der Waals surface area contributed by atoms with E-state index in [1.807, 2.05) is 67.3 Å². The van der Waals surface area contributed by atoms with Gasteiger partial charge in [-0.05, 0) is 67.5 Å².